The third kappa shape index (κ3) is 5.02. The largest absolute Gasteiger partial charge is 0.456 e. The molecule has 4 rings (SSSR count). The first-order valence-electron chi connectivity index (χ1n) is 10.8. The Balaban J connectivity index is 1.67. The lowest BCUT2D eigenvalue weighted by molar-refractivity contribution is -0.160. The average Bonchev–Trinajstić information content (AvgIpc) is 3.07. The Morgan fingerprint density at radius 2 is 1.69 bits per heavy atom. The maximum atomic E-state index is 13.9. The summed E-state index contributed by atoms with van der Waals surface area (Å²) in [4.78, 5) is 2.22. The summed E-state index contributed by atoms with van der Waals surface area (Å²) < 4.78 is 66.8. The number of nitrogens with one attached hydrogen (secondary N) is 1. The molecule has 174 valence electrons. The molecular weight excluding hydrogens is 424 g/mol. The van der Waals surface area contributed by atoms with Gasteiger partial charge < -0.3 is 14.1 Å². The highest BCUT2D eigenvalue weighted by Crippen LogP contribution is 2.38. The number of furan rings is 1. The first-order valence-corrected chi connectivity index (χ1v) is 10.8. The van der Waals surface area contributed by atoms with Crippen molar-refractivity contribution in [2.75, 3.05) is 31.2 Å². The van der Waals surface area contributed by atoms with Crippen molar-refractivity contribution in [3.63, 3.8) is 0 Å². The van der Waals surface area contributed by atoms with E-state index in [9.17, 15) is 17.6 Å². The van der Waals surface area contributed by atoms with Gasteiger partial charge >= 0.3 is 6.18 Å². The Hall–Kier alpha value is -2.32. The van der Waals surface area contributed by atoms with Crippen LogP contribution in [-0.2, 0) is 4.74 Å². The maximum Gasteiger partial charge on any atom is 0.407 e. The van der Waals surface area contributed by atoms with Gasteiger partial charge in [-0.3, -0.25) is 5.32 Å². The molecule has 3 aromatic rings. The highest BCUT2D eigenvalue weighted by Gasteiger charge is 2.42. The van der Waals surface area contributed by atoms with Crippen LogP contribution < -0.4 is 10.2 Å². The van der Waals surface area contributed by atoms with Gasteiger partial charge in [-0.05, 0) is 57.0 Å². The zero-order valence-electron chi connectivity index (χ0n) is 18.4. The molecule has 0 spiro atoms. The Bertz CT molecular complexity index is 1080. The fraction of sp³-hybridized carbons (Fsp3) is 0.500. The Labute approximate surface area is 184 Å². The van der Waals surface area contributed by atoms with Crippen LogP contribution in [0.4, 0.5) is 23.2 Å². The van der Waals surface area contributed by atoms with Gasteiger partial charge in [0, 0.05) is 35.6 Å². The Morgan fingerprint density at radius 1 is 0.969 bits per heavy atom. The highest BCUT2D eigenvalue weighted by atomic mass is 19.4. The molecule has 1 N–H and O–H groups in total. The molecule has 0 amide bonds. The first kappa shape index (κ1) is 22.9. The van der Waals surface area contributed by atoms with E-state index in [0.717, 1.165) is 29.5 Å². The number of halogens is 4. The van der Waals surface area contributed by atoms with E-state index in [2.05, 4.69) is 10.2 Å². The number of benzene rings is 2. The number of hydrogen-bond donors (Lipinski definition) is 1. The second-order valence-electron chi connectivity index (χ2n) is 9.10. The van der Waals surface area contributed by atoms with Crippen LogP contribution in [0.5, 0.6) is 0 Å². The fourth-order valence-corrected chi connectivity index (χ4v) is 4.43. The summed E-state index contributed by atoms with van der Waals surface area (Å²) in [5.74, 6) is 0. The van der Waals surface area contributed by atoms with Gasteiger partial charge in [0.2, 0.25) is 0 Å². The summed E-state index contributed by atoms with van der Waals surface area (Å²) in [6, 6.07) is 7.81. The minimum atomic E-state index is -4.53. The lowest BCUT2D eigenvalue weighted by Gasteiger charge is -2.28. The highest BCUT2D eigenvalue weighted by molar-refractivity contribution is 6.06. The Kier molecular flexibility index (Phi) is 6.11. The number of rotatable bonds is 6. The van der Waals surface area contributed by atoms with Gasteiger partial charge in [-0.1, -0.05) is 12.1 Å². The summed E-state index contributed by atoms with van der Waals surface area (Å²) in [5.41, 5.74) is 0.527. The summed E-state index contributed by atoms with van der Waals surface area (Å²) in [6.07, 6.45) is -4.56. The van der Waals surface area contributed by atoms with E-state index < -0.39 is 23.9 Å². The van der Waals surface area contributed by atoms with Crippen molar-refractivity contribution in [3.8, 4) is 0 Å². The number of ether oxygens (including phenoxy) is 1. The number of nitrogens with zero attached hydrogens (tertiary/aromatic N) is 1. The molecule has 0 radical (unpaired) electrons. The van der Waals surface area contributed by atoms with Crippen molar-refractivity contribution in [3.05, 3.63) is 42.0 Å². The van der Waals surface area contributed by atoms with Crippen LogP contribution >= 0.6 is 0 Å². The third-order valence-electron chi connectivity index (χ3n) is 5.76. The van der Waals surface area contributed by atoms with E-state index in [1.54, 1.807) is 13.0 Å². The van der Waals surface area contributed by atoms with E-state index in [4.69, 9.17) is 9.15 Å². The average molecular weight is 452 g/mol. The first-order chi connectivity index (χ1) is 15.0. The summed E-state index contributed by atoms with van der Waals surface area (Å²) >= 11 is 0. The Morgan fingerprint density at radius 3 is 2.34 bits per heavy atom. The van der Waals surface area contributed by atoms with Gasteiger partial charge in [-0.25, -0.2) is 4.39 Å². The molecule has 0 saturated carbocycles. The lowest BCUT2D eigenvalue weighted by Crippen LogP contribution is -2.41. The molecule has 8 heteroatoms. The van der Waals surface area contributed by atoms with Crippen LogP contribution in [0.1, 0.15) is 38.8 Å². The van der Waals surface area contributed by atoms with Crippen molar-refractivity contribution in [1.82, 2.24) is 5.32 Å². The zero-order chi connectivity index (χ0) is 23.1. The van der Waals surface area contributed by atoms with Crippen LogP contribution in [0.2, 0.25) is 0 Å². The molecule has 1 aliphatic heterocycles. The van der Waals surface area contributed by atoms with E-state index in [1.807, 2.05) is 18.2 Å². The molecule has 0 bridgehead atoms. The molecule has 2 heterocycles. The minimum absolute atomic E-state index is 0.0310. The molecular formula is C24H28F4N2O2. The van der Waals surface area contributed by atoms with Crippen LogP contribution in [0.3, 0.4) is 0 Å². The van der Waals surface area contributed by atoms with Gasteiger partial charge in [0.15, 0.2) is 0 Å². The number of hydrogen-bond acceptors (Lipinski definition) is 4. The lowest BCUT2D eigenvalue weighted by atomic mass is 9.98. The molecule has 2 atom stereocenters. The van der Waals surface area contributed by atoms with Crippen LogP contribution in [0, 0.1) is 0 Å². The molecule has 0 aliphatic carbocycles. The monoisotopic (exact) mass is 452 g/mol. The van der Waals surface area contributed by atoms with Crippen molar-refractivity contribution in [2.24, 2.45) is 0 Å². The summed E-state index contributed by atoms with van der Waals surface area (Å²) in [5, 5.41) is 4.18. The van der Waals surface area contributed by atoms with Crippen LogP contribution in [-0.4, -0.2) is 44.2 Å². The SMILES string of the molecule is CC(CC(C)(C)F)NC(c1ccc2c(c1)oc1ccc(N3CCOCC3)cc12)C(F)(F)F. The van der Waals surface area contributed by atoms with Crippen molar-refractivity contribution in [2.45, 2.75) is 51.1 Å². The summed E-state index contributed by atoms with van der Waals surface area (Å²) in [7, 11) is 0. The zero-order valence-corrected chi connectivity index (χ0v) is 18.4. The third-order valence-corrected chi connectivity index (χ3v) is 5.76. The van der Waals surface area contributed by atoms with E-state index in [0.29, 0.717) is 24.4 Å². The van der Waals surface area contributed by atoms with Gasteiger partial charge in [-0.15, -0.1) is 0 Å². The van der Waals surface area contributed by atoms with E-state index in [1.165, 1.54) is 26.0 Å². The normalized spacial score (nSPS) is 17.8. The number of fused-ring (bicyclic) bond motifs is 3. The van der Waals surface area contributed by atoms with Crippen molar-refractivity contribution < 1.29 is 26.7 Å². The molecule has 1 aromatic heterocycles. The standard InChI is InChI=1S/C24H28F4N2O2/c1-15(14-23(2,3)25)29-22(24(26,27)28)16-4-6-18-19-13-17(30-8-10-31-11-9-30)5-7-20(19)32-21(18)12-16/h4-7,12-13,15,22,29H,8-11,14H2,1-3H3. The van der Waals surface area contributed by atoms with Crippen molar-refractivity contribution in [1.29, 1.82) is 0 Å². The molecule has 32 heavy (non-hydrogen) atoms. The predicted octanol–water partition coefficient (Wildman–Crippen LogP) is 6.14. The molecule has 1 fully saturated rings. The molecule has 2 unspecified atom stereocenters. The quantitative estimate of drug-likeness (QED) is 0.456. The molecule has 1 saturated heterocycles. The van der Waals surface area contributed by atoms with Crippen LogP contribution in [0.25, 0.3) is 21.9 Å². The van der Waals surface area contributed by atoms with Crippen LogP contribution in [0.15, 0.2) is 40.8 Å². The minimum Gasteiger partial charge on any atom is -0.456 e. The number of anilines is 1. The molecule has 4 nitrogen and oxygen atoms in total. The number of alkyl halides is 4. The number of morpholine rings is 1. The van der Waals surface area contributed by atoms with Crippen molar-refractivity contribution >= 4 is 27.6 Å². The smallest absolute Gasteiger partial charge is 0.407 e. The summed E-state index contributed by atoms with van der Waals surface area (Å²) in [6.45, 7) is 7.19. The fourth-order valence-electron chi connectivity index (χ4n) is 4.43. The van der Waals surface area contributed by atoms with Gasteiger partial charge in [0.25, 0.3) is 0 Å². The van der Waals surface area contributed by atoms with Gasteiger partial charge in [-0.2, -0.15) is 13.2 Å². The molecule has 2 aromatic carbocycles. The maximum absolute atomic E-state index is 13.9. The van der Waals surface area contributed by atoms with E-state index >= 15 is 0 Å². The van der Waals surface area contributed by atoms with Gasteiger partial charge in [0.1, 0.15) is 22.9 Å². The predicted molar refractivity (Wildman–Crippen MR) is 118 cm³/mol. The second kappa shape index (κ2) is 8.56. The van der Waals surface area contributed by atoms with E-state index in [-0.39, 0.29) is 12.0 Å². The topological polar surface area (TPSA) is 37.6 Å². The second-order valence-corrected chi connectivity index (χ2v) is 9.10. The van der Waals surface area contributed by atoms with Gasteiger partial charge in [0.05, 0.1) is 13.2 Å². The molecule has 1 aliphatic rings.